The first kappa shape index (κ1) is 29.3. The first-order chi connectivity index (χ1) is 20.6. The number of nitrogens with one attached hydrogen (secondary N) is 1. The van der Waals surface area contributed by atoms with Gasteiger partial charge in [0.2, 0.25) is 0 Å². The van der Waals surface area contributed by atoms with Gasteiger partial charge < -0.3 is 19.1 Å². The fraction of sp³-hybridized carbons (Fsp3) is 0.0938. The number of ether oxygens (including phenoxy) is 2. The first-order valence-corrected chi connectivity index (χ1v) is 13.3. The van der Waals surface area contributed by atoms with Crippen molar-refractivity contribution in [2.75, 3.05) is 5.32 Å². The van der Waals surface area contributed by atoms with E-state index >= 15 is 0 Å². The summed E-state index contributed by atoms with van der Waals surface area (Å²) in [6, 6.07) is 21.2. The summed E-state index contributed by atoms with van der Waals surface area (Å²) < 4.78 is 46.2. The summed E-state index contributed by atoms with van der Waals surface area (Å²) in [5.74, 6) is -3.99. The molecule has 0 saturated carbocycles. The van der Waals surface area contributed by atoms with E-state index < -0.39 is 35.6 Å². The second-order valence-electron chi connectivity index (χ2n) is 9.42. The van der Waals surface area contributed by atoms with Crippen LogP contribution < -0.4 is 10.1 Å². The molecule has 5 rings (SSSR count). The number of aromatic carboxylic acids is 1. The van der Waals surface area contributed by atoms with Crippen LogP contribution in [0.5, 0.6) is 11.5 Å². The summed E-state index contributed by atoms with van der Waals surface area (Å²) in [6.07, 6.45) is -1.36. The van der Waals surface area contributed by atoms with E-state index in [1.165, 1.54) is 24.3 Å². The maximum absolute atomic E-state index is 15.0. The Kier molecular flexibility index (Phi) is 8.40. The van der Waals surface area contributed by atoms with Gasteiger partial charge in [0.15, 0.2) is 23.1 Å². The van der Waals surface area contributed by atoms with E-state index in [0.29, 0.717) is 33.1 Å². The summed E-state index contributed by atoms with van der Waals surface area (Å²) in [6.45, 7) is 3.35. The highest BCUT2D eigenvalue weighted by atomic mass is 35.5. The average Bonchev–Trinajstić information content (AvgIpc) is 3.34. The zero-order chi connectivity index (χ0) is 30.7. The number of hydrogen-bond donors (Lipinski definition) is 2. The number of carbonyl (C=O) groups excluding carboxylic acids is 1. The van der Waals surface area contributed by atoms with E-state index in [-0.39, 0.29) is 22.6 Å². The number of nitrogens with zero attached hydrogens (tertiary/aromatic N) is 1. The normalized spacial score (nSPS) is 11.6. The van der Waals surface area contributed by atoms with E-state index in [0.717, 1.165) is 12.1 Å². The molecule has 43 heavy (non-hydrogen) atoms. The van der Waals surface area contributed by atoms with Crippen molar-refractivity contribution in [2.24, 2.45) is 0 Å². The lowest BCUT2D eigenvalue weighted by molar-refractivity contribution is 0.0693. The van der Waals surface area contributed by atoms with Gasteiger partial charge in [0.25, 0.3) is 0 Å². The number of rotatable bonds is 8. The van der Waals surface area contributed by atoms with Gasteiger partial charge in [0, 0.05) is 16.1 Å². The number of amides is 1. The summed E-state index contributed by atoms with van der Waals surface area (Å²) in [4.78, 5) is 24.1. The minimum absolute atomic E-state index is 0.195. The molecule has 2 N–H and O–H groups in total. The third kappa shape index (κ3) is 6.34. The highest BCUT2D eigenvalue weighted by Crippen LogP contribution is 2.36. The van der Waals surface area contributed by atoms with Gasteiger partial charge in [-0.25, -0.2) is 18.4 Å². The Bertz CT molecular complexity index is 1800. The maximum atomic E-state index is 15.0. The molecule has 8 nitrogen and oxygen atoms in total. The standard InChI is InChI=1S/C32H23ClF2N2O6/c1-17-28(36-32(40)41-18(2)22-7-3-5-9-24(22)33)29(43-37-17)20-13-11-19(12-14-20)21-15-25(34)30(26(35)16-21)42-27-10-6-4-8-23(27)31(38)39/h3-16,18H,1-2H3,(H,36,40)(H,38,39)/t18-/m1/s1. The van der Waals surface area contributed by atoms with Crippen LogP contribution in [0.25, 0.3) is 22.5 Å². The monoisotopic (exact) mass is 604 g/mol. The van der Waals surface area contributed by atoms with Crippen LogP contribution in [0.1, 0.15) is 34.6 Å². The lowest BCUT2D eigenvalue weighted by atomic mass is 10.0. The van der Waals surface area contributed by atoms with Gasteiger partial charge in [-0.2, -0.15) is 0 Å². The van der Waals surface area contributed by atoms with Crippen LogP contribution in [0.2, 0.25) is 5.02 Å². The SMILES string of the molecule is Cc1noc(-c2ccc(-c3cc(F)c(Oc4ccccc4C(=O)O)c(F)c3)cc2)c1NC(=O)O[C@H](C)c1ccccc1Cl. The highest BCUT2D eigenvalue weighted by Gasteiger charge is 2.22. The Morgan fingerprint density at radius 3 is 2.23 bits per heavy atom. The smallest absolute Gasteiger partial charge is 0.412 e. The molecule has 0 radical (unpaired) electrons. The number of halogens is 3. The van der Waals surface area contributed by atoms with Crippen LogP contribution in [0.4, 0.5) is 19.3 Å². The molecule has 1 atom stereocenters. The van der Waals surface area contributed by atoms with Gasteiger partial charge >= 0.3 is 12.1 Å². The molecule has 1 heterocycles. The fourth-order valence-corrected chi connectivity index (χ4v) is 4.64. The highest BCUT2D eigenvalue weighted by molar-refractivity contribution is 6.31. The molecule has 1 amide bonds. The molecule has 0 fully saturated rings. The van der Waals surface area contributed by atoms with Gasteiger partial charge in [0.1, 0.15) is 28.8 Å². The molecule has 1 aromatic heterocycles. The minimum Gasteiger partial charge on any atom is -0.478 e. The van der Waals surface area contributed by atoms with Crippen LogP contribution in [0, 0.1) is 18.6 Å². The lowest BCUT2D eigenvalue weighted by Crippen LogP contribution is -2.17. The molecule has 0 aliphatic heterocycles. The predicted molar refractivity (Wildman–Crippen MR) is 155 cm³/mol. The largest absolute Gasteiger partial charge is 0.478 e. The number of carboxylic acids is 1. The van der Waals surface area contributed by atoms with Gasteiger partial charge in [0.05, 0.1) is 0 Å². The summed E-state index contributed by atoms with van der Waals surface area (Å²) in [7, 11) is 0. The number of carboxylic acid groups (broad SMARTS) is 1. The van der Waals surface area contributed by atoms with Crippen LogP contribution >= 0.6 is 11.6 Å². The molecule has 0 bridgehead atoms. The maximum Gasteiger partial charge on any atom is 0.412 e. The Labute approximate surface area is 249 Å². The van der Waals surface area contributed by atoms with E-state index in [1.807, 2.05) is 0 Å². The zero-order valence-electron chi connectivity index (χ0n) is 22.7. The van der Waals surface area contributed by atoms with E-state index in [9.17, 15) is 23.5 Å². The Balaban J connectivity index is 1.34. The van der Waals surface area contributed by atoms with Gasteiger partial charge in [-0.05, 0) is 55.3 Å². The van der Waals surface area contributed by atoms with Gasteiger partial charge in [-0.1, -0.05) is 71.4 Å². The van der Waals surface area contributed by atoms with Crippen molar-refractivity contribution in [1.82, 2.24) is 5.16 Å². The zero-order valence-corrected chi connectivity index (χ0v) is 23.5. The summed E-state index contributed by atoms with van der Waals surface area (Å²) in [5, 5.41) is 16.4. The Hall–Kier alpha value is -5.22. The third-order valence-corrected chi connectivity index (χ3v) is 6.87. The Morgan fingerprint density at radius 1 is 0.930 bits per heavy atom. The van der Waals surface area contributed by atoms with Crippen molar-refractivity contribution in [1.29, 1.82) is 0 Å². The molecule has 0 unspecified atom stereocenters. The number of carbonyl (C=O) groups is 2. The van der Waals surface area contributed by atoms with E-state index in [2.05, 4.69) is 10.5 Å². The molecule has 0 saturated heterocycles. The molecule has 218 valence electrons. The van der Waals surface area contributed by atoms with Gasteiger partial charge in [-0.15, -0.1) is 0 Å². The van der Waals surface area contributed by atoms with Crippen LogP contribution in [0.15, 0.2) is 89.5 Å². The Morgan fingerprint density at radius 2 is 1.56 bits per heavy atom. The molecule has 0 aliphatic carbocycles. The predicted octanol–water partition coefficient (Wildman–Crippen LogP) is 9.05. The van der Waals surface area contributed by atoms with Crippen molar-refractivity contribution in [3.63, 3.8) is 0 Å². The number of benzene rings is 4. The quantitative estimate of drug-likeness (QED) is 0.182. The topological polar surface area (TPSA) is 111 Å². The number of hydrogen-bond acceptors (Lipinski definition) is 6. The van der Waals surface area contributed by atoms with Crippen molar-refractivity contribution in [3.05, 3.63) is 118 Å². The number of aryl methyl sites for hydroxylation is 1. The van der Waals surface area contributed by atoms with Crippen LogP contribution in [0.3, 0.4) is 0 Å². The molecular weight excluding hydrogens is 582 g/mol. The number of anilines is 1. The molecule has 0 aliphatic rings. The molecule has 5 aromatic rings. The molecule has 0 spiro atoms. The second kappa shape index (κ2) is 12.3. The molecule has 4 aromatic carbocycles. The van der Waals surface area contributed by atoms with Gasteiger partial charge in [-0.3, -0.25) is 5.32 Å². The molecular formula is C32H23ClF2N2O6. The van der Waals surface area contributed by atoms with E-state index in [4.69, 9.17) is 25.6 Å². The second-order valence-corrected chi connectivity index (χ2v) is 9.82. The molecule has 11 heteroatoms. The average molecular weight is 605 g/mol. The van der Waals surface area contributed by atoms with Crippen molar-refractivity contribution in [2.45, 2.75) is 20.0 Å². The van der Waals surface area contributed by atoms with Crippen LogP contribution in [-0.2, 0) is 4.74 Å². The van der Waals surface area contributed by atoms with E-state index in [1.54, 1.807) is 62.4 Å². The third-order valence-electron chi connectivity index (χ3n) is 6.52. The summed E-state index contributed by atoms with van der Waals surface area (Å²) >= 11 is 6.20. The van der Waals surface area contributed by atoms with Crippen molar-refractivity contribution in [3.8, 4) is 33.9 Å². The lowest BCUT2D eigenvalue weighted by Gasteiger charge is -2.15. The van der Waals surface area contributed by atoms with Crippen molar-refractivity contribution < 1.29 is 37.5 Å². The summed E-state index contributed by atoms with van der Waals surface area (Å²) in [5.41, 5.74) is 2.33. The first-order valence-electron chi connectivity index (χ1n) is 12.9. The number of para-hydroxylation sites is 1. The number of aromatic nitrogens is 1. The fourth-order valence-electron chi connectivity index (χ4n) is 4.35. The van der Waals surface area contributed by atoms with Crippen LogP contribution in [-0.4, -0.2) is 22.3 Å². The minimum atomic E-state index is -1.29. The van der Waals surface area contributed by atoms with Crippen molar-refractivity contribution >= 4 is 29.4 Å².